The van der Waals surface area contributed by atoms with E-state index in [4.69, 9.17) is 0 Å². The van der Waals surface area contributed by atoms with Crippen LogP contribution in [0.15, 0.2) is 170 Å². The highest BCUT2D eigenvalue weighted by molar-refractivity contribution is 5.89. The van der Waals surface area contributed by atoms with E-state index in [1.807, 2.05) is 0 Å². The Balaban J connectivity index is 0.904. The zero-order valence-electron chi connectivity index (χ0n) is 33.7. The molecule has 8 aromatic carbocycles. The first-order valence-electron chi connectivity index (χ1n) is 20.5. The van der Waals surface area contributed by atoms with Crippen LogP contribution in [-0.4, -0.2) is 0 Å². The predicted molar refractivity (Wildman–Crippen MR) is 241 cm³/mol. The Morgan fingerprint density at radius 1 is 0.211 bits per heavy atom. The molecule has 0 spiro atoms. The van der Waals surface area contributed by atoms with E-state index in [0.717, 1.165) is 0 Å². The summed E-state index contributed by atoms with van der Waals surface area (Å²) in [6, 6.07) is 64.4. The van der Waals surface area contributed by atoms with Gasteiger partial charge in [-0.1, -0.05) is 175 Å². The molecule has 0 heterocycles. The average molecular weight is 731 g/mol. The fourth-order valence-electron chi connectivity index (χ4n) is 10.6. The van der Waals surface area contributed by atoms with Crippen molar-refractivity contribution in [3.8, 4) is 77.9 Å². The summed E-state index contributed by atoms with van der Waals surface area (Å²) in [5.41, 5.74) is 26.5. The van der Waals surface area contributed by atoms with Crippen molar-refractivity contribution in [3.63, 3.8) is 0 Å². The second-order valence-electron chi connectivity index (χ2n) is 18.2. The van der Waals surface area contributed by atoms with Crippen LogP contribution in [0, 0.1) is 0 Å². The largest absolute Gasteiger partial charge is 0.0619 e. The van der Waals surface area contributed by atoms with Crippen molar-refractivity contribution in [2.75, 3.05) is 0 Å². The maximum atomic E-state index is 2.45. The predicted octanol–water partition coefficient (Wildman–Crippen LogP) is 15.3. The molecule has 0 fully saturated rings. The molecule has 0 N–H and O–H groups in total. The van der Waals surface area contributed by atoms with Crippen LogP contribution in [0.2, 0.25) is 0 Å². The molecule has 0 amide bonds. The van der Waals surface area contributed by atoms with Crippen LogP contribution in [-0.2, 0) is 16.2 Å². The second-order valence-corrected chi connectivity index (χ2v) is 18.2. The molecule has 3 aliphatic carbocycles. The molecule has 0 bridgehead atoms. The summed E-state index contributed by atoms with van der Waals surface area (Å²) in [7, 11) is 0. The van der Waals surface area contributed by atoms with Crippen molar-refractivity contribution in [2.24, 2.45) is 0 Å². The molecule has 0 nitrogen and oxygen atoms in total. The highest BCUT2D eigenvalue weighted by atomic mass is 14.4. The van der Waals surface area contributed by atoms with Gasteiger partial charge in [0.25, 0.3) is 0 Å². The molecule has 0 aromatic heterocycles. The van der Waals surface area contributed by atoms with Crippen LogP contribution in [0.25, 0.3) is 77.9 Å². The topological polar surface area (TPSA) is 0 Å². The molecule has 0 heteroatoms. The Morgan fingerprint density at radius 3 is 0.772 bits per heavy atom. The summed E-state index contributed by atoms with van der Waals surface area (Å²) >= 11 is 0. The SMILES string of the molecule is CC1(C)c2ccccc2-c2ccc(-c3cccc(-c4ccc5c(c4)C(C)(C)c4cc(-c6cccc(-c7ccc8c(c7)C(C)(C)c7ccccc7-8)c6)ccc4-5)c3)cc21. The molecular weight excluding hydrogens is 685 g/mol. The quantitative estimate of drug-likeness (QED) is 0.169. The molecule has 0 saturated heterocycles. The van der Waals surface area contributed by atoms with E-state index in [1.54, 1.807) is 0 Å². The number of fused-ring (bicyclic) bond motifs is 9. The second kappa shape index (κ2) is 11.9. The molecule has 57 heavy (non-hydrogen) atoms. The fraction of sp³-hybridized carbons (Fsp3) is 0.158. The minimum Gasteiger partial charge on any atom is -0.0619 e. The van der Waals surface area contributed by atoms with Crippen LogP contribution in [0.4, 0.5) is 0 Å². The Bertz CT molecular complexity index is 2780. The first kappa shape index (κ1) is 34.0. The molecule has 274 valence electrons. The summed E-state index contributed by atoms with van der Waals surface area (Å²) in [5, 5.41) is 0. The molecule has 0 saturated carbocycles. The highest BCUT2D eigenvalue weighted by Crippen LogP contribution is 2.53. The van der Waals surface area contributed by atoms with Gasteiger partial charge in [-0.3, -0.25) is 0 Å². The normalized spacial score (nSPS) is 15.6. The lowest BCUT2D eigenvalue weighted by atomic mass is 9.80. The average Bonchev–Trinajstić information content (AvgIpc) is 3.72. The molecule has 11 rings (SSSR count). The van der Waals surface area contributed by atoms with Crippen LogP contribution in [0.5, 0.6) is 0 Å². The van der Waals surface area contributed by atoms with Gasteiger partial charge in [-0.2, -0.15) is 0 Å². The number of hydrogen-bond acceptors (Lipinski definition) is 0. The number of rotatable bonds is 4. The monoisotopic (exact) mass is 730 g/mol. The summed E-state index contributed by atoms with van der Waals surface area (Å²) < 4.78 is 0. The maximum absolute atomic E-state index is 2.45. The summed E-state index contributed by atoms with van der Waals surface area (Å²) in [6.07, 6.45) is 0. The summed E-state index contributed by atoms with van der Waals surface area (Å²) in [4.78, 5) is 0. The van der Waals surface area contributed by atoms with Gasteiger partial charge in [-0.25, -0.2) is 0 Å². The van der Waals surface area contributed by atoms with Gasteiger partial charge in [0.15, 0.2) is 0 Å². The molecular formula is C57H46. The van der Waals surface area contributed by atoms with E-state index >= 15 is 0 Å². The van der Waals surface area contributed by atoms with Gasteiger partial charge in [-0.15, -0.1) is 0 Å². The van der Waals surface area contributed by atoms with E-state index in [2.05, 4.69) is 211 Å². The molecule has 0 unspecified atom stereocenters. The molecule has 0 aliphatic heterocycles. The van der Waals surface area contributed by atoms with E-state index in [9.17, 15) is 0 Å². The Kier molecular flexibility index (Phi) is 7.10. The van der Waals surface area contributed by atoms with Crippen LogP contribution in [0.3, 0.4) is 0 Å². The lowest BCUT2D eigenvalue weighted by Gasteiger charge is -2.23. The lowest BCUT2D eigenvalue weighted by Crippen LogP contribution is -2.15. The van der Waals surface area contributed by atoms with Crippen LogP contribution >= 0.6 is 0 Å². The maximum Gasteiger partial charge on any atom is 0.0159 e. The molecule has 3 aliphatic rings. The third-order valence-electron chi connectivity index (χ3n) is 13.9. The van der Waals surface area contributed by atoms with Crippen molar-refractivity contribution in [1.82, 2.24) is 0 Å². The van der Waals surface area contributed by atoms with E-state index in [-0.39, 0.29) is 16.2 Å². The smallest absolute Gasteiger partial charge is 0.0159 e. The third-order valence-corrected chi connectivity index (χ3v) is 13.9. The van der Waals surface area contributed by atoms with Crippen LogP contribution in [0.1, 0.15) is 74.9 Å². The summed E-state index contributed by atoms with van der Waals surface area (Å²) in [5.74, 6) is 0. The van der Waals surface area contributed by atoms with Gasteiger partial charge in [0.1, 0.15) is 0 Å². The molecule has 8 aromatic rings. The van der Waals surface area contributed by atoms with Gasteiger partial charge in [0, 0.05) is 16.2 Å². The van der Waals surface area contributed by atoms with Crippen molar-refractivity contribution in [3.05, 3.63) is 203 Å². The standard InChI is InChI=1S/C57H46/c1-55(2)49-19-9-7-17-43(49)45-25-21-39(31-51(45)55)35-13-11-15-37(29-35)41-23-27-47-48-28-24-42(34-54(48)57(5,6)53(47)33-41)38-16-12-14-36(30-38)40-22-26-46-44-18-8-10-20-50(44)56(3,4)52(46)32-40/h7-34H,1-6H3. The summed E-state index contributed by atoms with van der Waals surface area (Å²) in [6.45, 7) is 14.2. The van der Waals surface area contributed by atoms with Crippen molar-refractivity contribution in [2.45, 2.75) is 57.8 Å². The van der Waals surface area contributed by atoms with Gasteiger partial charge >= 0.3 is 0 Å². The zero-order valence-corrected chi connectivity index (χ0v) is 33.7. The fourth-order valence-corrected chi connectivity index (χ4v) is 10.6. The Morgan fingerprint density at radius 2 is 0.456 bits per heavy atom. The minimum absolute atomic E-state index is 0.0179. The first-order chi connectivity index (χ1) is 27.5. The van der Waals surface area contributed by atoms with Gasteiger partial charge in [-0.05, 0) is 148 Å². The van der Waals surface area contributed by atoms with Crippen molar-refractivity contribution >= 4 is 0 Å². The van der Waals surface area contributed by atoms with E-state index in [1.165, 1.54) is 111 Å². The van der Waals surface area contributed by atoms with Crippen molar-refractivity contribution < 1.29 is 0 Å². The van der Waals surface area contributed by atoms with Gasteiger partial charge in [0.2, 0.25) is 0 Å². The van der Waals surface area contributed by atoms with Crippen molar-refractivity contribution in [1.29, 1.82) is 0 Å². The molecule has 0 atom stereocenters. The minimum atomic E-state index is -0.132. The van der Waals surface area contributed by atoms with E-state index in [0.29, 0.717) is 0 Å². The zero-order chi connectivity index (χ0) is 38.8. The number of benzene rings is 8. The Labute approximate surface area is 337 Å². The lowest BCUT2D eigenvalue weighted by molar-refractivity contribution is 0.660. The first-order valence-corrected chi connectivity index (χ1v) is 20.5. The van der Waals surface area contributed by atoms with Crippen LogP contribution < -0.4 is 0 Å². The Hall–Kier alpha value is -6.24. The number of hydrogen-bond donors (Lipinski definition) is 0. The third kappa shape index (κ3) is 4.93. The molecule has 0 radical (unpaired) electrons. The highest BCUT2D eigenvalue weighted by Gasteiger charge is 2.38. The van der Waals surface area contributed by atoms with Gasteiger partial charge in [0.05, 0.1) is 0 Å². The van der Waals surface area contributed by atoms with E-state index < -0.39 is 0 Å². The van der Waals surface area contributed by atoms with Gasteiger partial charge < -0.3 is 0 Å².